The van der Waals surface area contributed by atoms with Gasteiger partial charge in [0.25, 0.3) is 0 Å². The Kier molecular flexibility index (Phi) is 5.49. The molecule has 0 atom stereocenters. The molecule has 0 spiro atoms. The van der Waals surface area contributed by atoms with Crippen LogP contribution < -0.4 is 4.74 Å². The molecule has 1 aromatic rings. The predicted octanol–water partition coefficient (Wildman–Crippen LogP) is 4.04. The van der Waals surface area contributed by atoms with Crippen molar-refractivity contribution in [3.8, 4) is 5.75 Å². The fourth-order valence-electron chi connectivity index (χ4n) is 1.59. The first kappa shape index (κ1) is 14.0. The summed E-state index contributed by atoms with van der Waals surface area (Å²) >= 11 is 0. The van der Waals surface area contributed by atoms with E-state index in [4.69, 9.17) is 9.47 Å². The van der Waals surface area contributed by atoms with Gasteiger partial charge in [-0.2, -0.15) is 0 Å². The summed E-state index contributed by atoms with van der Waals surface area (Å²) in [6, 6.07) is 8.04. The quantitative estimate of drug-likeness (QED) is 0.711. The summed E-state index contributed by atoms with van der Waals surface area (Å²) in [4.78, 5) is 0. The van der Waals surface area contributed by atoms with Crippen molar-refractivity contribution >= 4 is 0 Å². The Hall–Kier alpha value is -1.02. The zero-order valence-corrected chi connectivity index (χ0v) is 11.5. The van der Waals surface area contributed by atoms with Gasteiger partial charge in [0.15, 0.2) is 0 Å². The monoisotopic (exact) mass is 236 g/mol. The molecule has 0 aromatic heterocycles. The summed E-state index contributed by atoms with van der Waals surface area (Å²) in [5.41, 5.74) is 1.51. The van der Waals surface area contributed by atoms with E-state index in [2.05, 4.69) is 20.8 Å². The molecule has 0 aliphatic rings. The Balaban J connectivity index is 2.40. The van der Waals surface area contributed by atoms with Gasteiger partial charge in [0.05, 0.1) is 20.3 Å². The van der Waals surface area contributed by atoms with Gasteiger partial charge in [0.1, 0.15) is 5.75 Å². The third-order valence-corrected chi connectivity index (χ3v) is 3.59. The minimum atomic E-state index is 0.312. The second-order valence-electron chi connectivity index (χ2n) is 4.86. The Morgan fingerprint density at radius 3 is 2.12 bits per heavy atom. The van der Waals surface area contributed by atoms with E-state index in [0.29, 0.717) is 12.0 Å². The molecule has 0 N–H and O–H groups in total. The van der Waals surface area contributed by atoms with E-state index < -0.39 is 0 Å². The highest BCUT2D eigenvalue weighted by molar-refractivity contribution is 5.26. The van der Waals surface area contributed by atoms with Gasteiger partial charge in [-0.25, -0.2) is 0 Å². The van der Waals surface area contributed by atoms with Gasteiger partial charge in [-0.05, 0) is 36.0 Å². The maximum Gasteiger partial charge on any atom is 0.118 e. The van der Waals surface area contributed by atoms with Gasteiger partial charge in [-0.15, -0.1) is 0 Å². The lowest BCUT2D eigenvalue weighted by atomic mass is 9.86. The first-order valence-electron chi connectivity index (χ1n) is 6.34. The lowest BCUT2D eigenvalue weighted by Gasteiger charge is -2.26. The van der Waals surface area contributed by atoms with Crippen LogP contribution in [0.1, 0.15) is 39.2 Å². The molecule has 0 saturated carbocycles. The molecule has 2 nitrogen and oxygen atoms in total. The average Bonchev–Trinajstić information content (AvgIpc) is 2.39. The van der Waals surface area contributed by atoms with Crippen LogP contribution in [-0.2, 0) is 11.3 Å². The van der Waals surface area contributed by atoms with Gasteiger partial charge in [0, 0.05) is 0 Å². The molecule has 1 rings (SSSR count). The predicted molar refractivity (Wildman–Crippen MR) is 71.3 cm³/mol. The van der Waals surface area contributed by atoms with Crippen molar-refractivity contribution in [3.63, 3.8) is 0 Å². The molecule has 0 unspecified atom stereocenters. The fraction of sp³-hybridized carbons (Fsp3) is 0.600. The van der Waals surface area contributed by atoms with E-state index in [-0.39, 0.29) is 0 Å². The lowest BCUT2D eigenvalue weighted by molar-refractivity contribution is 0.0381. The molecule has 96 valence electrons. The van der Waals surface area contributed by atoms with Crippen LogP contribution in [0, 0.1) is 5.41 Å². The summed E-state index contributed by atoms with van der Waals surface area (Å²) < 4.78 is 10.9. The highest BCUT2D eigenvalue weighted by Crippen LogP contribution is 2.25. The minimum Gasteiger partial charge on any atom is -0.497 e. The number of rotatable bonds is 7. The maximum absolute atomic E-state index is 5.80. The van der Waals surface area contributed by atoms with E-state index in [1.54, 1.807) is 7.11 Å². The fourth-order valence-corrected chi connectivity index (χ4v) is 1.59. The second kappa shape index (κ2) is 6.65. The van der Waals surface area contributed by atoms with Gasteiger partial charge >= 0.3 is 0 Å². The first-order chi connectivity index (χ1) is 8.13. The number of methoxy groups -OCH3 is 1. The van der Waals surface area contributed by atoms with Crippen molar-refractivity contribution in [1.29, 1.82) is 0 Å². The Labute approximate surface area is 105 Å². The molecule has 17 heavy (non-hydrogen) atoms. The zero-order valence-electron chi connectivity index (χ0n) is 11.5. The average molecular weight is 236 g/mol. The summed E-state index contributed by atoms with van der Waals surface area (Å²) in [6.07, 6.45) is 2.32. The first-order valence-corrected chi connectivity index (χ1v) is 6.34. The third kappa shape index (κ3) is 4.39. The second-order valence-corrected chi connectivity index (χ2v) is 4.86. The number of ether oxygens (including phenoxy) is 2. The molecule has 0 aliphatic carbocycles. The van der Waals surface area contributed by atoms with Gasteiger partial charge < -0.3 is 9.47 Å². The van der Waals surface area contributed by atoms with E-state index in [1.807, 2.05) is 24.3 Å². The minimum absolute atomic E-state index is 0.312. The largest absolute Gasteiger partial charge is 0.497 e. The zero-order chi connectivity index (χ0) is 12.7. The van der Waals surface area contributed by atoms with Crippen LogP contribution >= 0.6 is 0 Å². The molecule has 0 aliphatic heterocycles. The lowest BCUT2D eigenvalue weighted by Crippen LogP contribution is -2.21. The van der Waals surface area contributed by atoms with Crippen LogP contribution in [0.5, 0.6) is 5.75 Å². The molecule has 0 fully saturated rings. The molecular formula is C15H24O2. The SMILES string of the molecule is CCC(C)(CC)COCc1ccc(OC)cc1. The Bertz CT molecular complexity index is 312. The van der Waals surface area contributed by atoms with Crippen LogP contribution in [0.4, 0.5) is 0 Å². The Morgan fingerprint density at radius 2 is 1.65 bits per heavy atom. The highest BCUT2D eigenvalue weighted by atomic mass is 16.5. The van der Waals surface area contributed by atoms with Crippen LogP contribution in [-0.4, -0.2) is 13.7 Å². The smallest absolute Gasteiger partial charge is 0.118 e. The molecule has 0 heterocycles. The van der Waals surface area contributed by atoms with Gasteiger partial charge in [-0.1, -0.05) is 32.9 Å². The topological polar surface area (TPSA) is 18.5 Å². The summed E-state index contributed by atoms with van der Waals surface area (Å²) in [5.74, 6) is 0.890. The number of benzene rings is 1. The molecule has 0 bridgehead atoms. The highest BCUT2D eigenvalue weighted by Gasteiger charge is 2.19. The van der Waals surface area contributed by atoms with Crippen LogP contribution in [0.25, 0.3) is 0 Å². The maximum atomic E-state index is 5.80. The molecule has 0 radical (unpaired) electrons. The standard InChI is InChI=1S/C15H24O2/c1-5-15(3,6-2)12-17-11-13-7-9-14(16-4)10-8-13/h7-10H,5-6,11-12H2,1-4H3. The molecule has 1 aromatic carbocycles. The molecule has 0 amide bonds. The van der Waals surface area contributed by atoms with Crippen LogP contribution in [0.15, 0.2) is 24.3 Å². The van der Waals surface area contributed by atoms with Crippen molar-refractivity contribution in [3.05, 3.63) is 29.8 Å². The van der Waals surface area contributed by atoms with Gasteiger partial charge in [0.2, 0.25) is 0 Å². The molecule has 0 saturated heterocycles. The molecular weight excluding hydrogens is 212 g/mol. The number of hydrogen-bond acceptors (Lipinski definition) is 2. The summed E-state index contributed by atoms with van der Waals surface area (Å²) in [7, 11) is 1.68. The van der Waals surface area contributed by atoms with Crippen molar-refractivity contribution < 1.29 is 9.47 Å². The van der Waals surface area contributed by atoms with Crippen LogP contribution in [0.3, 0.4) is 0 Å². The molecule has 2 heteroatoms. The van der Waals surface area contributed by atoms with E-state index in [1.165, 1.54) is 5.56 Å². The van der Waals surface area contributed by atoms with Crippen LogP contribution in [0.2, 0.25) is 0 Å². The summed E-state index contributed by atoms with van der Waals surface area (Å²) in [5, 5.41) is 0. The van der Waals surface area contributed by atoms with E-state index in [9.17, 15) is 0 Å². The normalized spacial score (nSPS) is 11.5. The van der Waals surface area contributed by atoms with E-state index >= 15 is 0 Å². The van der Waals surface area contributed by atoms with Gasteiger partial charge in [-0.3, -0.25) is 0 Å². The van der Waals surface area contributed by atoms with Crippen molar-refractivity contribution in [2.75, 3.05) is 13.7 Å². The Morgan fingerprint density at radius 1 is 1.06 bits per heavy atom. The number of hydrogen-bond donors (Lipinski definition) is 0. The summed E-state index contributed by atoms with van der Waals surface area (Å²) in [6.45, 7) is 8.23. The van der Waals surface area contributed by atoms with Crippen molar-refractivity contribution in [2.45, 2.75) is 40.2 Å². The van der Waals surface area contributed by atoms with Crippen molar-refractivity contribution in [2.24, 2.45) is 5.41 Å². The van der Waals surface area contributed by atoms with E-state index in [0.717, 1.165) is 25.2 Å². The van der Waals surface area contributed by atoms with Crippen molar-refractivity contribution in [1.82, 2.24) is 0 Å². The third-order valence-electron chi connectivity index (χ3n) is 3.59.